The van der Waals surface area contributed by atoms with Gasteiger partial charge in [0.05, 0.1) is 6.26 Å². The second-order valence-corrected chi connectivity index (χ2v) is 8.82. The Morgan fingerprint density at radius 2 is 1.78 bits per heavy atom. The number of likely N-dealkylation sites (tertiary alicyclic amines) is 1. The summed E-state index contributed by atoms with van der Waals surface area (Å²) >= 11 is 0. The summed E-state index contributed by atoms with van der Waals surface area (Å²) < 4.78 is 5.25. The number of nitrogens with zero attached hydrogens (tertiary/aromatic N) is 3. The molecule has 4 rings (SSSR count). The van der Waals surface area contributed by atoms with Gasteiger partial charge in [-0.05, 0) is 49.0 Å². The minimum Gasteiger partial charge on any atom is -0.465 e. The minimum absolute atomic E-state index is 0.0203. The van der Waals surface area contributed by atoms with E-state index in [0.29, 0.717) is 18.1 Å². The fourth-order valence-corrected chi connectivity index (χ4v) is 4.63. The molecule has 2 saturated heterocycles. The fraction of sp³-hybridized carbons (Fsp3) is 0.462. The Morgan fingerprint density at radius 3 is 2.53 bits per heavy atom. The lowest BCUT2D eigenvalue weighted by atomic mass is 9.93. The Morgan fingerprint density at radius 1 is 0.969 bits per heavy atom. The Kier molecular flexibility index (Phi) is 7.77. The van der Waals surface area contributed by atoms with E-state index in [1.807, 2.05) is 21.9 Å². The van der Waals surface area contributed by atoms with Gasteiger partial charge in [0, 0.05) is 58.3 Å². The number of hydrogen-bond acceptors (Lipinski definition) is 4. The third-order valence-electron chi connectivity index (χ3n) is 6.50. The number of furan rings is 1. The van der Waals surface area contributed by atoms with Crippen LogP contribution in [-0.4, -0.2) is 65.8 Å². The van der Waals surface area contributed by atoms with Gasteiger partial charge in [-0.25, -0.2) is 0 Å². The van der Waals surface area contributed by atoms with E-state index in [2.05, 4.69) is 29.2 Å². The zero-order valence-corrected chi connectivity index (χ0v) is 18.7. The summed E-state index contributed by atoms with van der Waals surface area (Å²) in [7, 11) is 0. The molecule has 0 aliphatic carbocycles. The number of carbonyl (C=O) groups excluding carboxylic acids is 2. The van der Waals surface area contributed by atoms with Crippen LogP contribution in [0.5, 0.6) is 0 Å². The van der Waals surface area contributed by atoms with Crippen LogP contribution in [0.15, 0.2) is 59.2 Å². The van der Waals surface area contributed by atoms with Crippen molar-refractivity contribution in [3.05, 3.63) is 66.1 Å². The SMILES string of the molecule is O=C(/C=C/c1ccco1)N1CCCC(CCC(=O)N2CCN(Cc3ccccc3)CC2)C1. The molecule has 1 unspecified atom stereocenters. The van der Waals surface area contributed by atoms with Gasteiger partial charge >= 0.3 is 0 Å². The normalized spacial score (nSPS) is 20.1. The molecule has 6 heteroatoms. The molecule has 0 radical (unpaired) electrons. The van der Waals surface area contributed by atoms with E-state index in [9.17, 15) is 9.59 Å². The smallest absolute Gasteiger partial charge is 0.246 e. The Bertz CT molecular complexity index is 886. The van der Waals surface area contributed by atoms with Crippen LogP contribution >= 0.6 is 0 Å². The number of amides is 2. The summed E-state index contributed by atoms with van der Waals surface area (Å²) in [5, 5.41) is 0. The van der Waals surface area contributed by atoms with E-state index in [4.69, 9.17) is 4.42 Å². The van der Waals surface area contributed by atoms with E-state index in [1.54, 1.807) is 24.5 Å². The van der Waals surface area contributed by atoms with Gasteiger partial charge in [-0.3, -0.25) is 14.5 Å². The van der Waals surface area contributed by atoms with Crippen LogP contribution in [0.4, 0.5) is 0 Å². The van der Waals surface area contributed by atoms with Crippen LogP contribution in [0.2, 0.25) is 0 Å². The summed E-state index contributed by atoms with van der Waals surface area (Å²) in [5.41, 5.74) is 1.32. The summed E-state index contributed by atoms with van der Waals surface area (Å²) in [6.07, 6.45) is 8.42. The second kappa shape index (κ2) is 11.1. The average molecular weight is 436 g/mol. The van der Waals surface area contributed by atoms with Crippen LogP contribution < -0.4 is 0 Å². The Balaban J connectivity index is 1.17. The third-order valence-corrected chi connectivity index (χ3v) is 6.50. The first-order valence-corrected chi connectivity index (χ1v) is 11.7. The predicted octanol–water partition coefficient (Wildman–Crippen LogP) is 3.66. The molecule has 2 aromatic rings. The molecule has 2 amide bonds. The van der Waals surface area contributed by atoms with E-state index in [-0.39, 0.29) is 11.8 Å². The van der Waals surface area contributed by atoms with Crippen molar-refractivity contribution in [2.24, 2.45) is 5.92 Å². The van der Waals surface area contributed by atoms with Gasteiger partial charge in [0.1, 0.15) is 5.76 Å². The largest absolute Gasteiger partial charge is 0.465 e. The van der Waals surface area contributed by atoms with Crippen molar-refractivity contribution in [1.29, 1.82) is 0 Å². The maximum atomic E-state index is 12.8. The van der Waals surface area contributed by atoms with Crippen molar-refractivity contribution in [3.8, 4) is 0 Å². The van der Waals surface area contributed by atoms with Crippen molar-refractivity contribution in [1.82, 2.24) is 14.7 Å². The van der Waals surface area contributed by atoms with Gasteiger partial charge in [-0.1, -0.05) is 30.3 Å². The third kappa shape index (κ3) is 6.33. The first-order chi connectivity index (χ1) is 15.7. The molecule has 2 aliphatic rings. The number of hydrogen-bond donors (Lipinski definition) is 0. The molecule has 1 aromatic heterocycles. The van der Waals surface area contributed by atoms with Gasteiger partial charge in [0.2, 0.25) is 11.8 Å². The van der Waals surface area contributed by atoms with Gasteiger partial charge in [-0.2, -0.15) is 0 Å². The zero-order valence-electron chi connectivity index (χ0n) is 18.7. The number of benzene rings is 1. The molecule has 0 bridgehead atoms. The van der Waals surface area contributed by atoms with Crippen molar-refractivity contribution < 1.29 is 14.0 Å². The number of rotatable bonds is 7. The molecule has 2 fully saturated rings. The minimum atomic E-state index is 0.0203. The molecule has 3 heterocycles. The highest BCUT2D eigenvalue weighted by Gasteiger charge is 2.25. The molecule has 32 heavy (non-hydrogen) atoms. The van der Waals surface area contributed by atoms with Crippen molar-refractivity contribution in [2.75, 3.05) is 39.3 Å². The van der Waals surface area contributed by atoms with E-state index < -0.39 is 0 Å². The molecule has 0 saturated carbocycles. The maximum absolute atomic E-state index is 12.8. The molecule has 170 valence electrons. The van der Waals surface area contributed by atoms with Gasteiger partial charge < -0.3 is 14.2 Å². The summed E-state index contributed by atoms with van der Waals surface area (Å²) in [6, 6.07) is 14.1. The molecular formula is C26H33N3O3. The molecule has 2 aliphatic heterocycles. The number of carbonyl (C=O) groups is 2. The number of piperidine rings is 1. The topological polar surface area (TPSA) is 57.0 Å². The highest BCUT2D eigenvalue weighted by atomic mass is 16.3. The van der Waals surface area contributed by atoms with Crippen molar-refractivity contribution in [3.63, 3.8) is 0 Å². The van der Waals surface area contributed by atoms with Crippen LogP contribution in [0.25, 0.3) is 6.08 Å². The lowest BCUT2D eigenvalue weighted by Gasteiger charge is -2.36. The van der Waals surface area contributed by atoms with Gasteiger partial charge in [0.25, 0.3) is 0 Å². The quantitative estimate of drug-likeness (QED) is 0.623. The number of piperazine rings is 1. The van der Waals surface area contributed by atoms with Gasteiger partial charge in [0.15, 0.2) is 0 Å². The van der Waals surface area contributed by atoms with E-state index >= 15 is 0 Å². The van der Waals surface area contributed by atoms with Crippen LogP contribution in [0.1, 0.15) is 37.0 Å². The first kappa shape index (κ1) is 22.3. The fourth-order valence-electron chi connectivity index (χ4n) is 4.63. The summed E-state index contributed by atoms with van der Waals surface area (Å²) in [5.74, 6) is 1.35. The molecule has 6 nitrogen and oxygen atoms in total. The molecule has 0 N–H and O–H groups in total. The summed E-state index contributed by atoms with van der Waals surface area (Å²) in [4.78, 5) is 31.6. The molecule has 0 spiro atoms. The van der Waals surface area contributed by atoms with Crippen molar-refractivity contribution >= 4 is 17.9 Å². The summed E-state index contributed by atoms with van der Waals surface area (Å²) in [6.45, 7) is 5.93. The molecular weight excluding hydrogens is 402 g/mol. The lowest BCUT2D eigenvalue weighted by Crippen LogP contribution is -2.48. The van der Waals surface area contributed by atoms with Crippen molar-refractivity contribution in [2.45, 2.75) is 32.2 Å². The highest BCUT2D eigenvalue weighted by Crippen LogP contribution is 2.22. The Hall–Kier alpha value is -2.86. The zero-order chi connectivity index (χ0) is 22.2. The molecule has 1 aromatic carbocycles. The van der Waals surface area contributed by atoms with Crippen LogP contribution in [0.3, 0.4) is 0 Å². The van der Waals surface area contributed by atoms with E-state index in [0.717, 1.165) is 65.1 Å². The first-order valence-electron chi connectivity index (χ1n) is 11.7. The second-order valence-electron chi connectivity index (χ2n) is 8.82. The average Bonchev–Trinajstić information content (AvgIpc) is 3.36. The van der Waals surface area contributed by atoms with Crippen LogP contribution in [-0.2, 0) is 16.1 Å². The highest BCUT2D eigenvalue weighted by molar-refractivity contribution is 5.91. The van der Waals surface area contributed by atoms with Gasteiger partial charge in [-0.15, -0.1) is 0 Å². The predicted molar refractivity (Wildman–Crippen MR) is 125 cm³/mol. The standard InChI is InChI=1S/C26H33N3O3/c30-25(28-17-15-27(16-18-28)20-22-6-2-1-3-7-22)12-10-23-8-4-14-29(21-23)26(31)13-11-24-9-5-19-32-24/h1-3,5-7,9,11,13,19,23H,4,8,10,12,14-18,20-21H2/b13-11+. The Labute approximate surface area is 190 Å². The molecule has 1 atom stereocenters. The lowest BCUT2D eigenvalue weighted by molar-refractivity contribution is -0.133. The van der Waals surface area contributed by atoms with E-state index in [1.165, 1.54) is 5.56 Å². The maximum Gasteiger partial charge on any atom is 0.246 e. The monoisotopic (exact) mass is 435 g/mol. The van der Waals surface area contributed by atoms with Crippen LogP contribution in [0, 0.1) is 5.92 Å².